The van der Waals surface area contributed by atoms with Crippen molar-refractivity contribution in [3.63, 3.8) is 0 Å². The molecule has 0 spiro atoms. The van der Waals surface area contributed by atoms with Crippen molar-refractivity contribution in [1.29, 1.82) is 0 Å². The molecule has 0 unspecified atom stereocenters. The zero-order valence-electron chi connectivity index (χ0n) is 26.1. The molecule has 0 aliphatic carbocycles. The largest absolute Gasteiger partial charge is 0.355 e. The van der Waals surface area contributed by atoms with Crippen LogP contribution in [0.15, 0.2) is 170 Å². The molecule has 7 aromatic rings. The van der Waals surface area contributed by atoms with E-state index in [0.717, 1.165) is 89.4 Å². The number of aromatic amines is 2. The normalized spacial score (nSPS) is 12.8. The lowest BCUT2D eigenvalue weighted by atomic mass is 9.92. The summed E-state index contributed by atoms with van der Waals surface area (Å²) < 4.78 is 0. The Morgan fingerprint density at radius 2 is 0.500 bits per heavy atom. The highest BCUT2D eigenvalue weighted by atomic mass is 14.8. The summed E-state index contributed by atoms with van der Waals surface area (Å²) in [5, 5.41) is 0. The standard InChI is InChI=1S/C44H30N4/c1-5-13-29(14-6-1)41-37-25-33-21-22-35(45-33)27-39-43(31-17-9-3-10-18-31)44(32-19-11-4-12-20-32)40(48-39)28-36-24-23-34(46-36)26-38(47-37)42(41)30-15-7-2-8-16-30/h1-28,45-46H. The summed E-state index contributed by atoms with van der Waals surface area (Å²) in [6.07, 6.45) is 0. The van der Waals surface area contributed by atoms with Gasteiger partial charge in [0, 0.05) is 44.4 Å². The molecule has 0 atom stereocenters. The first-order valence-electron chi connectivity index (χ1n) is 16.2. The van der Waals surface area contributed by atoms with E-state index in [1.54, 1.807) is 0 Å². The molecule has 0 saturated heterocycles. The number of nitrogens with zero attached hydrogens (tertiary/aromatic N) is 2. The molecule has 0 saturated carbocycles. The van der Waals surface area contributed by atoms with Crippen LogP contribution in [0, 0.1) is 0 Å². The SMILES string of the molecule is c1ccc(C2=C(c3ccccc3)c3cc4ccc(cc5nc(cc6ccc(cc2n3)[nH]6)C(c2ccccc2)=C5c2ccccc2)[nH]4)cc1. The Balaban J connectivity index is 1.37. The van der Waals surface area contributed by atoms with Gasteiger partial charge in [-0.1, -0.05) is 121 Å². The zero-order chi connectivity index (χ0) is 31.9. The first-order chi connectivity index (χ1) is 23.8. The predicted molar refractivity (Wildman–Crippen MR) is 197 cm³/mol. The van der Waals surface area contributed by atoms with E-state index in [1.807, 2.05) is 0 Å². The van der Waals surface area contributed by atoms with Crippen LogP contribution in [-0.4, -0.2) is 19.9 Å². The maximum atomic E-state index is 5.29. The van der Waals surface area contributed by atoms with Crippen molar-refractivity contribution in [3.05, 3.63) is 215 Å². The van der Waals surface area contributed by atoms with Crippen molar-refractivity contribution in [1.82, 2.24) is 19.9 Å². The van der Waals surface area contributed by atoms with Crippen molar-refractivity contribution in [2.45, 2.75) is 0 Å². The molecule has 2 aliphatic rings. The Morgan fingerprint density at radius 3 is 0.729 bits per heavy atom. The van der Waals surface area contributed by atoms with Crippen LogP contribution in [0.5, 0.6) is 0 Å². The number of hydrogen-bond acceptors (Lipinski definition) is 2. The highest BCUT2D eigenvalue weighted by molar-refractivity contribution is 6.07. The Bertz CT molecular complexity index is 2170. The molecule has 8 bridgehead atoms. The highest BCUT2D eigenvalue weighted by Crippen LogP contribution is 2.41. The van der Waals surface area contributed by atoms with Crippen molar-refractivity contribution in [2.24, 2.45) is 0 Å². The van der Waals surface area contributed by atoms with Gasteiger partial charge in [0.25, 0.3) is 0 Å². The number of hydrogen-bond donors (Lipinski definition) is 2. The summed E-state index contributed by atoms with van der Waals surface area (Å²) in [5.74, 6) is 0. The van der Waals surface area contributed by atoms with Crippen molar-refractivity contribution in [2.75, 3.05) is 0 Å². The summed E-state index contributed by atoms with van der Waals surface area (Å²) in [5.41, 5.74) is 16.5. The zero-order valence-corrected chi connectivity index (χ0v) is 26.1. The molecule has 2 aliphatic heterocycles. The van der Waals surface area contributed by atoms with E-state index in [1.165, 1.54) is 0 Å². The van der Waals surface area contributed by atoms with Crippen LogP contribution in [0.3, 0.4) is 0 Å². The number of nitrogens with one attached hydrogen (secondary N) is 2. The molecule has 226 valence electrons. The molecular weight excluding hydrogens is 585 g/mol. The Labute approximate surface area is 278 Å². The molecule has 0 fully saturated rings. The fraction of sp³-hybridized carbons (Fsp3) is 0. The molecule has 4 aromatic carbocycles. The molecule has 3 aromatic heterocycles. The van der Waals surface area contributed by atoms with E-state index in [9.17, 15) is 0 Å². The van der Waals surface area contributed by atoms with Crippen molar-refractivity contribution >= 4 is 44.4 Å². The Kier molecular flexibility index (Phi) is 6.76. The van der Waals surface area contributed by atoms with Crippen LogP contribution in [0.25, 0.3) is 44.4 Å². The third-order valence-electron chi connectivity index (χ3n) is 8.89. The number of H-pyrrole nitrogens is 2. The molecule has 2 N–H and O–H groups in total. The molecule has 48 heavy (non-hydrogen) atoms. The molecule has 0 radical (unpaired) electrons. The average molecular weight is 615 g/mol. The number of benzene rings is 4. The van der Waals surface area contributed by atoms with E-state index in [0.29, 0.717) is 0 Å². The molecule has 4 heteroatoms. The second-order valence-corrected chi connectivity index (χ2v) is 12.0. The Morgan fingerprint density at radius 1 is 0.271 bits per heavy atom. The van der Waals surface area contributed by atoms with Crippen molar-refractivity contribution in [3.8, 4) is 0 Å². The van der Waals surface area contributed by atoms with Gasteiger partial charge in [0.1, 0.15) is 0 Å². The van der Waals surface area contributed by atoms with Crippen LogP contribution in [0.1, 0.15) is 45.0 Å². The first kappa shape index (κ1) is 27.8. The third-order valence-corrected chi connectivity index (χ3v) is 8.89. The quantitative estimate of drug-likeness (QED) is 0.207. The lowest BCUT2D eigenvalue weighted by molar-refractivity contribution is 1.29. The fourth-order valence-corrected chi connectivity index (χ4v) is 6.79. The van der Waals surface area contributed by atoms with E-state index in [-0.39, 0.29) is 0 Å². The predicted octanol–water partition coefficient (Wildman–Crippen LogP) is 10.3. The number of aromatic nitrogens is 4. The highest BCUT2D eigenvalue weighted by Gasteiger charge is 2.24. The van der Waals surface area contributed by atoms with Crippen molar-refractivity contribution < 1.29 is 0 Å². The first-order valence-corrected chi connectivity index (χ1v) is 16.2. The summed E-state index contributed by atoms with van der Waals surface area (Å²) in [7, 11) is 0. The van der Waals surface area contributed by atoms with Crippen LogP contribution in [0.4, 0.5) is 0 Å². The summed E-state index contributed by atoms with van der Waals surface area (Å²) >= 11 is 0. The monoisotopic (exact) mass is 614 g/mol. The number of rotatable bonds is 4. The van der Waals surface area contributed by atoms with Crippen LogP contribution < -0.4 is 0 Å². The Hall–Kier alpha value is -6.52. The van der Waals surface area contributed by atoms with E-state index >= 15 is 0 Å². The fourth-order valence-electron chi connectivity index (χ4n) is 6.79. The minimum Gasteiger partial charge on any atom is -0.355 e. The smallest absolute Gasteiger partial charge is 0.0743 e. The molecule has 9 rings (SSSR count). The summed E-state index contributed by atoms with van der Waals surface area (Å²) in [6.45, 7) is 0. The molecule has 4 nitrogen and oxygen atoms in total. The van der Waals surface area contributed by atoms with Gasteiger partial charge in [0.05, 0.1) is 22.8 Å². The van der Waals surface area contributed by atoms with Crippen LogP contribution >= 0.6 is 0 Å². The topological polar surface area (TPSA) is 57.4 Å². The average Bonchev–Trinajstić information content (AvgIpc) is 3.93. The van der Waals surface area contributed by atoms with Crippen LogP contribution in [0.2, 0.25) is 0 Å². The number of fused-ring (bicyclic) bond motifs is 8. The van der Waals surface area contributed by atoms with E-state index in [2.05, 4.69) is 180 Å². The van der Waals surface area contributed by atoms with Gasteiger partial charge < -0.3 is 9.97 Å². The summed E-state index contributed by atoms with van der Waals surface area (Å²) in [4.78, 5) is 17.9. The van der Waals surface area contributed by atoms with E-state index in [4.69, 9.17) is 9.97 Å². The van der Waals surface area contributed by atoms with Gasteiger partial charge in [-0.25, -0.2) is 9.97 Å². The lowest BCUT2D eigenvalue weighted by Gasteiger charge is -2.09. The molecular formula is C44H30N4. The second-order valence-electron chi connectivity index (χ2n) is 12.0. The summed E-state index contributed by atoms with van der Waals surface area (Å²) in [6, 6.07) is 59.3. The molecule has 5 heterocycles. The van der Waals surface area contributed by atoms with Gasteiger partial charge in [0.15, 0.2) is 0 Å². The maximum absolute atomic E-state index is 5.29. The van der Waals surface area contributed by atoms with Gasteiger partial charge in [-0.2, -0.15) is 0 Å². The van der Waals surface area contributed by atoms with Gasteiger partial charge in [-0.05, 0) is 70.8 Å². The van der Waals surface area contributed by atoms with Gasteiger partial charge in [0.2, 0.25) is 0 Å². The van der Waals surface area contributed by atoms with Crippen LogP contribution in [-0.2, 0) is 0 Å². The second kappa shape index (κ2) is 11.7. The van der Waals surface area contributed by atoms with Gasteiger partial charge in [-0.3, -0.25) is 0 Å². The lowest BCUT2D eigenvalue weighted by Crippen LogP contribution is -1.90. The van der Waals surface area contributed by atoms with Gasteiger partial charge in [-0.15, -0.1) is 0 Å². The minimum absolute atomic E-state index is 0.912. The van der Waals surface area contributed by atoms with E-state index < -0.39 is 0 Å². The minimum atomic E-state index is 0.912. The maximum Gasteiger partial charge on any atom is 0.0743 e. The van der Waals surface area contributed by atoms with Gasteiger partial charge >= 0.3 is 0 Å². The molecule has 0 amide bonds. The third kappa shape index (κ3) is 5.06.